The summed E-state index contributed by atoms with van der Waals surface area (Å²) in [5.41, 5.74) is 5.21. The third kappa shape index (κ3) is 4.23. The number of nitro groups is 1. The second-order valence-electron chi connectivity index (χ2n) is 3.99. The highest BCUT2D eigenvalue weighted by molar-refractivity contribution is 5.99. The molecule has 0 fully saturated rings. The first-order chi connectivity index (χ1) is 9.45. The Labute approximate surface area is 115 Å². The van der Waals surface area contributed by atoms with E-state index in [1.807, 2.05) is 6.92 Å². The minimum Gasteiger partial charge on any atom is -0.385 e. The minimum atomic E-state index is -0.626. The molecular formula is C12H16N4O4. The number of anilines is 1. The molecule has 0 aliphatic carbocycles. The summed E-state index contributed by atoms with van der Waals surface area (Å²) < 4.78 is 0. The molecule has 1 aromatic carbocycles. The van der Waals surface area contributed by atoms with Gasteiger partial charge in [0, 0.05) is 31.3 Å². The van der Waals surface area contributed by atoms with Crippen molar-refractivity contribution in [2.24, 2.45) is 5.73 Å². The number of benzene rings is 1. The van der Waals surface area contributed by atoms with Crippen LogP contribution in [0.3, 0.4) is 0 Å². The Kier molecular flexibility index (Phi) is 5.45. The third-order valence-corrected chi connectivity index (χ3v) is 2.48. The first kappa shape index (κ1) is 15.4. The average molecular weight is 280 g/mol. The molecule has 0 saturated carbocycles. The molecule has 0 radical (unpaired) electrons. The Morgan fingerprint density at radius 3 is 2.65 bits per heavy atom. The van der Waals surface area contributed by atoms with E-state index in [1.165, 1.54) is 18.2 Å². The van der Waals surface area contributed by atoms with Crippen LogP contribution in [0.4, 0.5) is 11.4 Å². The van der Waals surface area contributed by atoms with E-state index < -0.39 is 16.7 Å². The molecule has 8 nitrogen and oxygen atoms in total. The lowest BCUT2D eigenvalue weighted by atomic mass is 10.1. The standard InChI is InChI=1S/C12H16N4O4/c1-2-14-8-3-4-10(16(19)20)9(7-8)12(18)15-6-5-11(13)17/h3-4,7,14H,2,5-6H2,1H3,(H2,13,17)(H,15,18). The lowest BCUT2D eigenvalue weighted by Gasteiger charge is -2.08. The Hall–Kier alpha value is -2.64. The number of hydrogen-bond acceptors (Lipinski definition) is 5. The smallest absolute Gasteiger partial charge is 0.282 e. The van der Waals surface area contributed by atoms with Crippen molar-refractivity contribution in [3.8, 4) is 0 Å². The highest BCUT2D eigenvalue weighted by Crippen LogP contribution is 2.22. The molecule has 20 heavy (non-hydrogen) atoms. The number of hydrogen-bond donors (Lipinski definition) is 3. The van der Waals surface area contributed by atoms with Crippen LogP contribution in [-0.4, -0.2) is 29.8 Å². The van der Waals surface area contributed by atoms with Gasteiger partial charge in [-0.2, -0.15) is 0 Å². The van der Waals surface area contributed by atoms with Crippen LogP contribution in [0.25, 0.3) is 0 Å². The number of rotatable bonds is 7. The summed E-state index contributed by atoms with van der Waals surface area (Å²) in [6.45, 7) is 2.53. The summed E-state index contributed by atoms with van der Waals surface area (Å²) in [5.74, 6) is -1.17. The average Bonchev–Trinajstić information content (AvgIpc) is 2.38. The van der Waals surface area contributed by atoms with Crippen molar-refractivity contribution in [3.63, 3.8) is 0 Å². The van der Waals surface area contributed by atoms with Crippen LogP contribution >= 0.6 is 0 Å². The Morgan fingerprint density at radius 1 is 1.40 bits per heavy atom. The maximum absolute atomic E-state index is 11.9. The van der Waals surface area contributed by atoms with Crippen LogP contribution in [0.15, 0.2) is 18.2 Å². The quantitative estimate of drug-likeness (QED) is 0.498. The van der Waals surface area contributed by atoms with Gasteiger partial charge in [0.25, 0.3) is 11.6 Å². The van der Waals surface area contributed by atoms with E-state index >= 15 is 0 Å². The molecular weight excluding hydrogens is 264 g/mol. The van der Waals surface area contributed by atoms with E-state index in [2.05, 4.69) is 10.6 Å². The SMILES string of the molecule is CCNc1ccc([N+](=O)[O-])c(C(=O)NCCC(N)=O)c1. The van der Waals surface area contributed by atoms with Crippen molar-refractivity contribution in [2.75, 3.05) is 18.4 Å². The number of nitrogens with zero attached hydrogens (tertiary/aromatic N) is 1. The van der Waals surface area contributed by atoms with Crippen molar-refractivity contribution < 1.29 is 14.5 Å². The molecule has 1 rings (SSSR count). The fourth-order valence-electron chi connectivity index (χ4n) is 1.59. The molecule has 0 spiro atoms. The lowest BCUT2D eigenvalue weighted by Crippen LogP contribution is -2.28. The molecule has 0 heterocycles. The zero-order valence-corrected chi connectivity index (χ0v) is 11.0. The van der Waals surface area contributed by atoms with Gasteiger partial charge in [-0.25, -0.2) is 0 Å². The van der Waals surface area contributed by atoms with Gasteiger partial charge >= 0.3 is 0 Å². The van der Waals surface area contributed by atoms with Gasteiger partial charge in [0.1, 0.15) is 5.56 Å². The zero-order chi connectivity index (χ0) is 15.1. The van der Waals surface area contributed by atoms with E-state index in [0.717, 1.165) is 0 Å². The lowest BCUT2D eigenvalue weighted by molar-refractivity contribution is -0.385. The number of carbonyl (C=O) groups is 2. The largest absolute Gasteiger partial charge is 0.385 e. The summed E-state index contributed by atoms with van der Waals surface area (Å²) in [4.78, 5) is 32.8. The van der Waals surface area contributed by atoms with E-state index in [4.69, 9.17) is 5.73 Å². The molecule has 0 saturated heterocycles. The van der Waals surface area contributed by atoms with Gasteiger partial charge < -0.3 is 16.4 Å². The number of primary amides is 1. The molecule has 0 bridgehead atoms. The van der Waals surface area contributed by atoms with E-state index in [-0.39, 0.29) is 24.2 Å². The van der Waals surface area contributed by atoms with Gasteiger partial charge in [-0.15, -0.1) is 0 Å². The number of nitrogens with two attached hydrogens (primary N) is 1. The maximum Gasteiger partial charge on any atom is 0.282 e. The van der Waals surface area contributed by atoms with Gasteiger partial charge in [-0.05, 0) is 19.1 Å². The molecule has 0 aromatic heterocycles. The predicted molar refractivity (Wildman–Crippen MR) is 73.4 cm³/mol. The van der Waals surface area contributed by atoms with Crippen LogP contribution in [-0.2, 0) is 4.79 Å². The Balaban J connectivity index is 2.93. The monoisotopic (exact) mass is 280 g/mol. The normalized spacial score (nSPS) is 9.85. The van der Waals surface area contributed by atoms with Crippen LogP contribution < -0.4 is 16.4 Å². The molecule has 108 valence electrons. The summed E-state index contributed by atoms with van der Waals surface area (Å²) >= 11 is 0. The molecule has 0 atom stereocenters. The number of carbonyl (C=O) groups excluding carboxylic acids is 2. The van der Waals surface area contributed by atoms with Gasteiger partial charge in [-0.3, -0.25) is 19.7 Å². The highest BCUT2D eigenvalue weighted by atomic mass is 16.6. The number of nitrogens with one attached hydrogen (secondary N) is 2. The Morgan fingerprint density at radius 2 is 2.10 bits per heavy atom. The van der Waals surface area contributed by atoms with Crippen molar-refractivity contribution in [2.45, 2.75) is 13.3 Å². The van der Waals surface area contributed by atoms with Crippen molar-refractivity contribution in [1.82, 2.24) is 5.32 Å². The molecule has 8 heteroatoms. The molecule has 0 aliphatic rings. The number of nitro benzene ring substituents is 1. The molecule has 0 aliphatic heterocycles. The predicted octanol–water partition coefficient (Wildman–Crippen LogP) is 0.632. The molecule has 4 N–H and O–H groups in total. The summed E-state index contributed by atoms with van der Waals surface area (Å²) in [6, 6.07) is 4.20. The van der Waals surface area contributed by atoms with E-state index in [9.17, 15) is 19.7 Å². The molecule has 2 amide bonds. The minimum absolute atomic E-state index is 0.0214. The topological polar surface area (TPSA) is 127 Å². The van der Waals surface area contributed by atoms with E-state index in [0.29, 0.717) is 12.2 Å². The fraction of sp³-hybridized carbons (Fsp3) is 0.333. The van der Waals surface area contributed by atoms with Gasteiger partial charge in [0.05, 0.1) is 4.92 Å². The third-order valence-electron chi connectivity index (χ3n) is 2.48. The van der Waals surface area contributed by atoms with Gasteiger partial charge in [0.15, 0.2) is 0 Å². The highest BCUT2D eigenvalue weighted by Gasteiger charge is 2.20. The summed E-state index contributed by atoms with van der Waals surface area (Å²) in [7, 11) is 0. The first-order valence-electron chi connectivity index (χ1n) is 6.04. The van der Waals surface area contributed by atoms with Crippen LogP contribution in [0.2, 0.25) is 0 Å². The maximum atomic E-state index is 11.9. The summed E-state index contributed by atoms with van der Waals surface area (Å²) in [5, 5.41) is 16.3. The zero-order valence-electron chi connectivity index (χ0n) is 11.0. The molecule has 0 unspecified atom stereocenters. The van der Waals surface area contributed by atoms with Crippen LogP contribution in [0.5, 0.6) is 0 Å². The van der Waals surface area contributed by atoms with Crippen LogP contribution in [0, 0.1) is 10.1 Å². The molecule has 1 aromatic rings. The van der Waals surface area contributed by atoms with Crippen LogP contribution in [0.1, 0.15) is 23.7 Å². The van der Waals surface area contributed by atoms with E-state index in [1.54, 1.807) is 0 Å². The Bertz CT molecular complexity index is 530. The van der Waals surface area contributed by atoms with Crippen molar-refractivity contribution in [1.29, 1.82) is 0 Å². The van der Waals surface area contributed by atoms with Crippen molar-refractivity contribution in [3.05, 3.63) is 33.9 Å². The second kappa shape index (κ2) is 7.07. The van der Waals surface area contributed by atoms with Gasteiger partial charge in [-0.1, -0.05) is 0 Å². The number of amides is 2. The first-order valence-corrected chi connectivity index (χ1v) is 6.04. The van der Waals surface area contributed by atoms with Gasteiger partial charge in [0.2, 0.25) is 5.91 Å². The summed E-state index contributed by atoms with van der Waals surface area (Å²) in [6.07, 6.45) is -0.0214. The second-order valence-corrected chi connectivity index (χ2v) is 3.99. The fourth-order valence-corrected chi connectivity index (χ4v) is 1.59. The van der Waals surface area contributed by atoms with Crippen molar-refractivity contribution >= 4 is 23.2 Å².